The Hall–Kier alpha value is -3.10. The van der Waals surface area contributed by atoms with E-state index < -0.39 is 36.4 Å². The number of nitrogens with two attached hydrogens (primary N) is 1. The van der Waals surface area contributed by atoms with Crippen LogP contribution in [0.4, 0.5) is 19.0 Å². The summed E-state index contributed by atoms with van der Waals surface area (Å²) in [6.07, 6.45) is -2.76. The van der Waals surface area contributed by atoms with Gasteiger partial charge in [-0.05, 0) is 25.7 Å². The smallest absolute Gasteiger partial charge is 0.365 e. The fourth-order valence-electron chi connectivity index (χ4n) is 3.64. The average molecular weight is 440 g/mol. The van der Waals surface area contributed by atoms with Crippen LogP contribution in [0.25, 0.3) is 4.85 Å². The number of anilines is 1. The fourth-order valence-corrected chi connectivity index (χ4v) is 3.64. The van der Waals surface area contributed by atoms with Gasteiger partial charge in [-0.2, -0.15) is 18.3 Å². The molecule has 3 N–H and O–H groups in total. The van der Waals surface area contributed by atoms with Crippen molar-refractivity contribution in [2.24, 2.45) is 11.7 Å². The highest BCUT2D eigenvalue weighted by Gasteiger charge is 2.43. The molecule has 3 amide bonds. The van der Waals surface area contributed by atoms with Crippen LogP contribution >= 0.6 is 0 Å². The van der Waals surface area contributed by atoms with Gasteiger partial charge >= 0.3 is 6.18 Å². The van der Waals surface area contributed by atoms with Crippen molar-refractivity contribution in [2.45, 2.75) is 50.2 Å². The monoisotopic (exact) mass is 440 g/mol. The second-order valence-electron chi connectivity index (χ2n) is 8.00. The molecule has 0 atom stereocenters. The van der Waals surface area contributed by atoms with Crippen molar-refractivity contribution in [2.75, 3.05) is 25.0 Å². The number of likely N-dealkylation sites (tertiary alicyclic amines) is 1. The van der Waals surface area contributed by atoms with Gasteiger partial charge < -0.3 is 20.8 Å². The average Bonchev–Trinajstić information content (AvgIpc) is 3.46. The van der Waals surface area contributed by atoms with E-state index in [-0.39, 0.29) is 55.7 Å². The molecule has 168 valence electrons. The molecular formula is C19H23F3N6O3. The van der Waals surface area contributed by atoms with E-state index in [0.717, 1.165) is 12.8 Å². The molecule has 1 saturated carbocycles. The van der Waals surface area contributed by atoms with Crippen LogP contribution in [-0.2, 0) is 15.1 Å². The lowest BCUT2D eigenvalue weighted by atomic mass is 9.87. The van der Waals surface area contributed by atoms with Gasteiger partial charge in [-0.3, -0.25) is 19.1 Å². The molecule has 0 unspecified atom stereocenters. The van der Waals surface area contributed by atoms with Crippen LogP contribution in [0.2, 0.25) is 0 Å². The predicted octanol–water partition coefficient (Wildman–Crippen LogP) is 1.91. The molecule has 31 heavy (non-hydrogen) atoms. The third kappa shape index (κ3) is 5.34. The standard InChI is InChI=1S/C19H23F3N6O3/c1-24-11-18(6-8-27(9-7-18)14(29)4-5-19(20,21)22)28-10-13(15(23)30)16(26-28)25-17(31)12-2-3-12/h10,12H,2-9,11H2,(H2,23,30)(H,25,26,31). The fraction of sp³-hybridized carbons (Fsp3) is 0.632. The summed E-state index contributed by atoms with van der Waals surface area (Å²) in [5.74, 6) is -1.72. The number of carbonyl (C=O) groups is 3. The van der Waals surface area contributed by atoms with Gasteiger partial charge in [0, 0.05) is 31.6 Å². The Morgan fingerprint density at radius 2 is 1.94 bits per heavy atom. The minimum absolute atomic E-state index is 0.00647. The van der Waals surface area contributed by atoms with E-state index in [1.165, 1.54) is 15.8 Å². The highest BCUT2D eigenvalue weighted by Crippen LogP contribution is 2.34. The van der Waals surface area contributed by atoms with Gasteiger partial charge in [0.15, 0.2) is 5.82 Å². The first kappa shape index (κ1) is 22.6. The van der Waals surface area contributed by atoms with Gasteiger partial charge in [-0.15, -0.1) is 0 Å². The van der Waals surface area contributed by atoms with Crippen molar-refractivity contribution >= 4 is 23.5 Å². The Labute approximate surface area is 176 Å². The lowest BCUT2D eigenvalue weighted by molar-refractivity contribution is -0.150. The Morgan fingerprint density at radius 1 is 1.29 bits per heavy atom. The second kappa shape index (κ2) is 8.56. The topological polar surface area (TPSA) is 115 Å². The Bertz CT molecular complexity index is 908. The van der Waals surface area contributed by atoms with E-state index in [0.29, 0.717) is 0 Å². The SMILES string of the molecule is [C-]#[N+]CC1(n2cc(C(N)=O)c(NC(=O)C3CC3)n2)CCN(C(=O)CCC(F)(F)F)CC1. The minimum atomic E-state index is -4.40. The van der Waals surface area contributed by atoms with Gasteiger partial charge in [0.1, 0.15) is 11.1 Å². The number of carbonyl (C=O) groups excluding carboxylic acids is 3. The van der Waals surface area contributed by atoms with Gasteiger partial charge in [0.05, 0.1) is 6.42 Å². The van der Waals surface area contributed by atoms with Crippen LogP contribution in [0.15, 0.2) is 6.20 Å². The van der Waals surface area contributed by atoms with Crippen molar-refractivity contribution in [1.82, 2.24) is 14.7 Å². The molecule has 9 nitrogen and oxygen atoms in total. The lowest BCUT2D eigenvalue weighted by Crippen LogP contribution is -2.50. The molecule has 1 aliphatic carbocycles. The molecule has 2 fully saturated rings. The first-order valence-electron chi connectivity index (χ1n) is 9.93. The summed E-state index contributed by atoms with van der Waals surface area (Å²) in [6, 6.07) is 0. The Balaban J connectivity index is 1.76. The van der Waals surface area contributed by atoms with Crippen LogP contribution < -0.4 is 11.1 Å². The number of amides is 3. The molecule has 1 aliphatic heterocycles. The van der Waals surface area contributed by atoms with E-state index in [1.54, 1.807) is 0 Å². The Kier molecular flexibility index (Phi) is 6.24. The summed E-state index contributed by atoms with van der Waals surface area (Å²) in [4.78, 5) is 40.9. The molecule has 1 aromatic heterocycles. The largest absolute Gasteiger partial charge is 0.389 e. The molecule has 0 radical (unpaired) electrons. The number of hydrogen-bond donors (Lipinski definition) is 2. The van der Waals surface area contributed by atoms with E-state index in [9.17, 15) is 27.6 Å². The number of piperidine rings is 1. The molecular weight excluding hydrogens is 417 g/mol. The van der Waals surface area contributed by atoms with Crippen LogP contribution in [0.5, 0.6) is 0 Å². The zero-order chi connectivity index (χ0) is 22.8. The minimum Gasteiger partial charge on any atom is -0.365 e. The quantitative estimate of drug-likeness (QED) is 0.631. The summed E-state index contributed by atoms with van der Waals surface area (Å²) in [6.45, 7) is 7.62. The van der Waals surface area contributed by atoms with Crippen LogP contribution in [-0.4, -0.2) is 58.2 Å². The van der Waals surface area contributed by atoms with Gasteiger partial charge in [-0.1, -0.05) is 0 Å². The summed E-state index contributed by atoms with van der Waals surface area (Å²) in [5, 5.41) is 6.93. The molecule has 0 aromatic carbocycles. The molecule has 12 heteroatoms. The first-order valence-corrected chi connectivity index (χ1v) is 9.93. The maximum atomic E-state index is 12.4. The van der Waals surface area contributed by atoms with Crippen LogP contribution in [0.3, 0.4) is 0 Å². The number of nitrogens with zero attached hydrogens (tertiary/aromatic N) is 4. The van der Waals surface area contributed by atoms with Crippen LogP contribution in [0, 0.1) is 12.5 Å². The van der Waals surface area contributed by atoms with Crippen LogP contribution in [0.1, 0.15) is 48.9 Å². The number of aromatic nitrogens is 2. The lowest BCUT2D eigenvalue weighted by Gasteiger charge is -2.38. The summed E-state index contributed by atoms with van der Waals surface area (Å²) in [7, 11) is 0. The van der Waals surface area contributed by atoms with Gasteiger partial charge in [-0.25, -0.2) is 6.57 Å². The highest BCUT2D eigenvalue weighted by atomic mass is 19.4. The number of alkyl halides is 3. The number of primary amides is 1. The van der Waals surface area contributed by atoms with Gasteiger partial charge in [0.2, 0.25) is 18.4 Å². The highest BCUT2D eigenvalue weighted by molar-refractivity contribution is 6.02. The zero-order valence-electron chi connectivity index (χ0n) is 16.7. The Morgan fingerprint density at radius 3 is 2.45 bits per heavy atom. The van der Waals surface area contributed by atoms with Crippen molar-refractivity contribution in [3.05, 3.63) is 23.2 Å². The van der Waals surface area contributed by atoms with E-state index in [1.807, 2.05) is 0 Å². The molecule has 0 spiro atoms. The third-order valence-electron chi connectivity index (χ3n) is 5.70. The number of nitrogens with one attached hydrogen (secondary N) is 1. The predicted molar refractivity (Wildman–Crippen MR) is 103 cm³/mol. The molecule has 0 bridgehead atoms. The first-order chi connectivity index (χ1) is 14.5. The molecule has 1 aromatic rings. The van der Waals surface area contributed by atoms with Gasteiger partial charge in [0.25, 0.3) is 5.91 Å². The summed E-state index contributed by atoms with van der Waals surface area (Å²) < 4.78 is 38.6. The summed E-state index contributed by atoms with van der Waals surface area (Å²) >= 11 is 0. The second-order valence-corrected chi connectivity index (χ2v) is 8.00. The van der Waals surface area contributed by atoms with Crippen molar-refractivity contribution in [3.63, 3.8) is 0 Å². The number of rotatable bonds is 7. The number of halogens is 3. The van der Waals surface area contributed by atoms with Crippen molar-refractivity contribution < 1.29 is 27.6 Å². The zero-order valence-corrected chi connectivity index (χ0v) is 16.7. The van der Waals surface area contributed by atoms with E-state index in [4.69, 9.17) is 12.3 Å². The third-order valence-corrected chi connectivity index (χ3v) is 5.70. The molecule has 2 aliphatic rings. The molecule has 3 rings (SSSR count). The maximum absolute atomic E-state index is 12.4. The van der Waals surface area contributed by atoms with Crippen molar-refractivity contribution in [1.29, 1.82) is 0 Å². The maximum Gasteiger partial charge on any atom is 0.389 e. The summed E-state index contributed by atoms with van der Waals surface area (Å²) in [5.41, 5.74) is 4.57. The molecule has 1 saturated heterocycles. The molecule has 2 heterocycles. The van der Waals surface area contributed by atoms with E-state index >= 15 is 0 Å². The van der Waals surface area contributed by atoms with Crippen molar-refractivity contribution in [3.8, 4) is 0 Å². The number of hydrogen-bond acceptors (Lipinski definition) is 4. The van der Waals surface area contributed by atoms with E-state index in [2.05, 4.69) is 15.3 Å². The normalized spacial score (nSPS) is 18.3.